The van der Waals surface area contributed by atoms with Crippen LogP contribution in [0.4, 0.5) is 0 Å². The number of rotatable bonds is 5. The lowest BCUT2D eigenvalue weighted by Crippen LogP contribution is -2.41. The van der Waals surface area contributed by atoms with Crippen LogP contribution in [0.25, 0.3) is 0 Å². The van der Waals surface area contributed by atoms with E-state index in [1.165, 1.54) is 0 Å². The topological polar surface area (TPSA) is 46.5 Å². The molecule has 0 aliphatic heterocycles. The van der Waals surface area contributed by atoms with Crippen molar-refractivity contribution >= 4 is 5.97 Å². The molecule has 0 amide bonds. The molecule has 0 bridgehead atoms. The fourth-order valence-electron chi connectivity index (χ4n) is 2.11. The van der Waals surface area contributed by atoms with E-state index in [1.54, 1.807) is 6.92 Å². The molecule has 2 unspecified atom stereocenters. The van der Waals surface area contributed by atoms with Crippen LogP contribution in [0.5, 0.6) is 0 Å². The molecule has 1 saturated carbocycles. The number of hydrogen-bond donors (Lipinski definition) is 1. The minimum Gasteiger partial charge on any atom is -0.479 e. The summed E-state index contributed by atoms with van der Waals surface area (Å²) in [5, 5.41) is 9.31. The van der Waals surface area contributed by atoms with Crippen LogP contribution in [0.3, 0.4) is 0 Å². The minimum absolute atomic E-state index is 0.158. The Bertz CT molecular complexity index is 397. The molecule has 17 heavy (non-hydrogen) atoms. The van der Waals surface area contributed by atoms with Crippen LogP contribution in [0.1, 0.15) is 38.4 Å². The van der Waals surface area contributed by atoms with Crippen molar-refractivity contribution in [3.8, 4) is 0 Å². The van der Waals surface area contributed by atoms with Gasteiger partial charge in [-0.25, -0.2) is 4.79 Å². The molecule has 3 nitrogen and oxygen atoms in total. The second kappa shape index (κ2) is 4.49. The first-order valence-corrected chi connectivity index (χ1v) is 6.00. The number of carbonyl (C=O) groups is 1. The molecular weight excluding hydrogens is 216 g/mol. The summed E-state index contributed by atoms with van der Waals surface area (Å²) < 4.78 is 5.81. The summed E-state index contributed by atoms with van der Waals surface area (Å²) in [5.74, 6) is -0.700. The Labute approximate surface area is 101 Å². The zero-order chi connectivity index (χ0) is 12.5. The largest absolute Gasteiger partial charge is 0.479 e. The van der Waals surface area contributed by atoms with Gasteiger partial charge in [0.15, 0.2) is 5.60 Å². The quantitative estimate of drug-likeness (QED) is 0.851. The van der Waals surface area contributed by atoms with E-state index in [1.807, 2.05) is 37.3 Å². The third-order valence-corrected chi connectivity index (χ3v) is 3.47. The standard InChI is InChI=1S/C14H18O3/c1-10(11-6-4-3-5-7-11)17-14(2,13(15)16)12-8-9-12/h3-7,10,12H,8-9H2,1-2H3,(H,15,16). The van der Waals surface area contributed by atoms with Gasteiger partial charge in [-0.1, -0.05) is 30.3 Å². The highest BCUT2D eigenvalue weighted by Gasteiger charge is 2.49. The summed E-state index contributed by atoms with van der Waals surface area (Å²) in [4.78, 5) is 11.3. The zero-order valence-corrected chi connectivity index (χ0v) is 10.2. The van der Waals surface area contributed by atoms with Crippen molar-refractivity contribution in [2.24, 2.45) is 5.92 Å². The fourth-order valence-corrected chi connectivity index (χ4v) is 2.11. The van der Waals surface area contributed by atoms with Crippen LogP contribution in [-0.2, 0) is 9.53 Å². The Morgan fingerprint density at radius 1 is 1.41 bits per heavy atom. The molecule has 0 saturated heterocycles. The summed E-state index contributed by atoms with van der Waals surface area (Å²) in [7, 11) is 0. The van der Waals surface area contributed by atoms with Gasteiger partial charge in [0.05, 0.1) is 6.10 Å². The third-order valence-electron chi connectivity index (χ3n) is 3.47. The van der Waals surface area contributed by atoms with Crippen molar-refractivity contribution < 1.29 is 14.6 Å². The molecule has 0 radical (unpaired) electrons. The van der Waals surface area contributed by atoms with Gasteiger partial charge in [-0.05, 0) is 38.2 Å². The normalized spacial score (nSPS) is 20.6. The predicted molar refractivity (Wildman–Crippen MR) is 64.7 cm³/mol. The van der Waals surface area contributed by atoms with E-state index in [4.69, 9.17) is 4.74 Å². The van der Waals surface area contributed by atoms with E-state index in [2.05, 4.69) is 0 Å². The summed E-state index contributed by atoms with van der Waals surface area (Å²) in [6, 6.07) is 9.72. The maximum Gasteiger partial charge on any atom is 0.335 e. The molecule has 1 fully saturated rings. The number of hydrogen-bond acceptors (Lipinski definition) is 2. The maximum absolute atomic E-state index is 11.3. The van der Waals surface area contributed by atoms with Crippen molar-refractivity contribution in [3.05, 3.63) is 35.9 Å². The molecule has 0 aromatic heterocycles. The number of carboxylic acid groups (broad SMARTS) is 1. The second-order valence-electron chi connectivity index (χ2n) is 4.86. The van der Waals surface area contributed by atoms with E-state index in [9.17, 15) is 9.90 Å². The monoisotopic (exact) mass is 234 g/mol. The summed E-state index contributed by atoms with van der Waals surface area (Å²) >= 11 is 0. The third kappa shape index (κ3) is 2.50. The van der Waals surface area contributed by atoms with E-state index in [0.29, 0.717) is 0 Å². The van der Waals surface area contributed by atoms with Crippen molar-refractivity contribution in [1.82, 2.24) is 0 Å². The Morgan fingerprint density at radius 2 is 2.00 bits per heavy atom. The van der Waals surface area contributed by atoms with E-state index >= 15 is 0 Å². The Hall–Kier alpha value is -1.35. The second-order valence-corrected chi connectivity index (χ2v) is 4.86. The molecule has 92 valence electrons. The molecule has 1 aromatic rings. The molecule has 0 spiro atoms. The molecular formula is C14H18O3. The highest BCUT2D eigenvalue weighted by atomic mass is 16.5. The van der Waals surface area contributed by atoms with Crippen molar-refractivity contribution in [2.45, 2.75) is 38.4 Å². The fraction of sp³-hybridized carbons (Fsp3) is 0.500. The highest BCUT2D eigenvalue weighted by molar-refractivity contribution is 5.78. The minimum atomic E-state index is -1.05. The van der Waals surface area contributed by atoms with E-state index < -0.39 is 11.6 Å². The summed E-state index contributed by atoms with van der Waals surface area (Å²) in [5.41, 5.74) is -0.0319. The van der Waals surface area contributed by atoms with E-state index in [-0.39, 0.29) is 12.0 Å². The van der Waals surface area contributed by atoms with Crippen molar-refractivity contribution in [1.29, 1.82) is 0 Å². The lowest BCUT2D eigenvalue weighted by atomic mass is 9.99. The first-order valence-electron chi connectivity index (χ1n) is 6.00. The molecule has 1 aliphatic rings. The number of ether oxygens (including phenoxy) is 1. The lowest BCUT2D eigenvalue weighted by Gasteiger charge is -2.29. The maximum atomic E-state index is 11.3. The molecule has 0 heterocycles. The van der Waals surface area contributed by atoms with Gasteiger partial charge in [0.25, 0.3) is 0 Å². The number of carboxylic acids is 1. The zero-order valence-electron chi connectivity index (χ0n) is 10.2. The van der Waals surface area contributed by atoms with Crippen LogP contribution in [-0.4, -0.2) is 16.7 Å². The van der Waals surface area contributed by atoms with Crippen LogP contribution < -0.4 is 0 Å². The van der Waals surface area contributed by atoms with Gasteiger partial charge in [0.2, 0.25) is 0 Å². The van der Waals surface area contributed by atoms with Gasteiger partial charge < -0.3 is 9.84 Å². The lowest BCUT2D eigenvalue weighted by molar-refractivity contribution is -0.174. The average molecular weight is 234 g/mol. The van der Waals surface area contributed by atoms with Crippen molar-refractivity contribution in [2.75, 3.05) is 0 Å². The van der Waals surface area contributed by atoms with Crippen molar-refractivity contribution in [3.63, 3.8) is 0 Å². The number of benzene rings is 1. The van der Waals surface area contributed by atoms with Gasteiger partial charge >= 0.3 is 5.97 Å². The Balaban J connectivity index is 2.11. The average Bonchev–Trinajstić information content (AvgIpc) is 3.13. The van der Waals surface area contributed by atoms with Gasteiger partial charge in [-0.15, -0.1) is 0 Å². The van der Waals surface area contributed by atoms with E-state index in [0.717, 1.165) is 18.4 Å². The summed E-state index contributed by atoms with van der Waals surface area (Å²) in [6.07, 6.45) is 1.70. The Morgan fingerprint density at radius 3 is 2.47 bits per heavy atom. The summed E-state index contributed by atoms with van der Waals surface area (Å²) in [6.45, 7) is 3.59. The molecule has 3 heteroatoms. The van der Waals surface area contributed by atoms with Gasteiger partial charge in [0.1, 0.15) is 0 Å². The SMILES string of the molecule is CC(OC(C)(C(=O)O)C1CC1)c1ccccc1. The van der Waals surface area contributed by atoms with Gasteiger partial charge in [0, 0.05) is 0 Å². The first kappa shape index (κ1) is 12.1. The molecule has 2 atom stereocenters. The first-order chi connectivity index (χ1) is 8.04. The molecule has 2 rings (SSSR count). The van der Waals surface area contributed by atoms with Crippen LogP contribution in [0.2, 0.25) is 0 Å². The molecule has 1 aliphatic carbocycles. The Kier molecular flexibility index (Phi) is 3.20. The predicted octanol–water partition coefficient (Wildman–Crippen LogP) is 3.02. The smallest absolute Gasteiger partial charge is 0.335 e. The number of aliphatic carboxylic acids is 1. The highest BCUT2D eigenvalue weighted by Crippen LogP contribution is 2.44. The van der Waals surface area contributed by atoms with Crippen LogP contribution >= 0.6 is 0 Å². The van der Waals surface area contributed by atoms with Crippen LogP contribution in [0, 0.1) is 5.92 Å². The van der Waals surface area contributed by atoms with Gasteiger partial charge in [-0.2, -0.15) is 0 Å². The van der Waals surface area contributed by atoms with Gasteiger partial charge in [-0.3, -0.25) is 0 Å². The van der Waals surface area contributed by atoms with Crippen LogP contribution in [0.15, 0.2) is 30.3 Å². The molecule has 1 aromatic carbocycles. The molecule has 1 N–H and O–H groups in total.